The van der Waals surface area contributed by atoms with E-state index in [-0.39, 0.29) is 5.91 Å². The monoisotopic (exact) mass is 372 g/mol. The first-order chi connectivity index (χ1) is 13.8. The minimum absolute atomic E-state index is 0.00608. The number of nitrogens with zero attached hydrogens (tertiary/aromatic N) is 3. The molecule has 4 rings (SSSR count). The number of piperidine rings is 1. The van der Waals surface area contributed by atoms with Gasteiger partial charge in [0, 0.05) is 37.6 Å². The van der Waals surface area contributed by atoms with E-state index in [4.69, 9.17) is 0 Å². The fourth-order valence-corrected chi connectivity index (χ4v) is 3.58. The summed E-state index contributed by atoms with van der Waals surface area (Å²) in [5.41, 5.74) is 2.98. The van der Waals surface area contributed by atoms with Gasteiger partial charge >= 0.3 is 0 Å². The van der Waals surface area contributed by atoms with Crippen LogP contribution in [-0.4, -0.2) is 35.5 Å². The molecule has 28 heavy (non-hydrogen) atoms. The van der Waals surface area contributed by atoms with Gasteiger partial charge in [0.15, 0.2) is 0 Å². The lowest BCUT2D eigenvalue weighted by Crippen LogP contribution is -2.39. The second-order valence-corrected chi connectivity index (χ2v) is 7.13. The van der Waals surface area contributed by atoms with E-state index in [2.05, 4.69) is 32.3 Å². The van der Waals surface area contributed by atoms with Crippen LogP contribution in [0.4, 0.5) is 5.95 Å². The molecule has 0 saturated carbocycles. The predicted octanol–water partition coefficient (Wildman–Crippen LogP) is 3.79. The molecule has 3 aromatic rings. The van der Waals surface area contributed by atoms with E-state index in [1.807, 2.05) is 48.5 Å². The van der Waals surface area contributed by atoms with Crippen LogP contribution in [-0.2, 0) is 0 Å². The van der Waals surface area contributed by atoms with Crippen molar-refractivity contribution in [2.75, 3.05) is 24.5 Å². The minimum atomic E-state index is -0.00608. The van der Waals surface area contributed by atoms with E-state index >= 15 is 0 Å². The Balaban J connectivity index is 1.27. The third kappa shape index (κ3) is 4.36. The van der Waals surface area contributed by atoms with Crippen molar-refractivity contribution in [3.63, 3.8) is 0 Å². The van der Waals surface area contributed by atoms with E-state index in [1.165, 1.54) is 0 Å². The number of hydrogen-bond donors (Lipinski definition) is 1. The average molecular weight is 372 g/mol. The fourth-order valence-electron chi connectivity index (χ4n) is 3.58. The normalized spacial score (nSPS) is 14.6. The van der Waals surface area contributed by atoms with Crippen molar-refractivity contribution in [3.05, 3.63) is 78.6 Å². The summed E-state index contributed by atoms with van der Waals surface area (Å²) >= 11 is 0. The molecule has 0 radical (unpaired) electrons. The van der Waals surface area contributed by atoms with Crippen molar-refractivity contribution < 1.29 is 4.79 Å². The van der Waals surface area contributed by atoms with Gasteiger partial charge in [-0.2, -0.15) is 0 Å². The van der Waals surface area contributed by atoms with Gasteiger partial charge in [-0.05, 0) is 48.1 Å². The SMILES string of the molecule is O=C(NCC1CCN(c2ncccn2)CC1)c1ccc(-c2ccccc2)cc1. The van der Waals surface area contributed by atoms with Crippen molar-refractivity contribution in [3.8, 4) is 11.1 Å². The molecule has 1 saturated heterocycles. The van der Waals surface area contributed by atoms with Gasteiger partial charge in [0.05, 0.1) is 0 Å². The zero-order chi connectivity index (χ0) is 19.2. The number of carbonyl (C=O) groups is 1. The summed E-state index contributed by atoms with van der Waals surface area (Å²) in [7, 11) is 0. The molecule has 1 aliphatic heterocycles. The van der Waals surface area contributed by atoms with Gasteiger partial charge in [-0.25, -0.2) is 9.97 Å². The summed E-state index contributed by atoms with van der Waals surface area (Å²) in [5.74, 6) is 1.28. The van der Waals surface area contributed by atoms with Crippen LogP contribution < -0.4 is 10.2 Å². The third-order valence-electron chi connectivity index (χ3n) is 5.26. The van der Waals surface area contributed by atoms with Gasteiger partial charge in [0.1, 0.15) is 0 Å². The number of amides is 1. The summed E-state index contributed by atoms with van der Waals surface area (Å²) in [6.07, 6.45) is 5.62. The number of nitrogens with one attached hydrogen (secondary N) is 1. The Morgan fingerprint density at radius 1 is 0.893 bits per heavy atom. The Morgan fingerprint density at radius 2 is 1.54 bits per heavy atom. The van der Waals surface area contributed by atoms with Gasteiger partial charge < -0.3 is 10.2 Å². The Hall–Kier alpha value is -3.21. The molecule has 0 aliphatic carbocycles. The summed E-state index contributed by atoms with van der Waals surface area (Å²) in [4.78, 5) is 23.3. The largest absolute Gasteiger partial charge is 0.352 e. The molecule has 2 aromatic carbocycles. The molecule has 2 heterocycles. The lowest BCUT2D eigenvalue weighted by Gasteiger charge is -2.31. The van der Waals surface area contributed by atoms with Crippen LogP contribution in [0.2, 0.25) is 0 Å². The molecule has 5 heteroatoms. The maximum absolute atomic E-state index is 12.5. The van der Waals surface area contributed by atoms with Crippen LogP contribution in [0.15, 0.2) is 73.1 Å². The lowest BCUT2D eigenvalue weighted by atomic mass is 9.97. The zero-order valence-electron chi connectivity index (χ0n) is 15.8. The second-order valence-electron chi connectivity index (χ2n) is 7.13. The summed E-state index contributed by atoms with van der Waals surface area (Å²) in [6.45, 7) is 2.56. The Morgan fingerprint density at radius 3 is 2.21 bits per heavy atom. The highest BCUT2D eigenvalue weighted by atomic mass is 16.1. The minimum Gasteiger partial charge on any atom is -0.352 e. The molecule has 0 unspecified atom stereocenters. The van der Waals surface area contributed by atoms with E-state index in [1.54, 1.807) is 12.4 Å². The first-order valence-electron chi connectivity index (χ1n) is 9.75. The Bertz CT molecular complexity index is 889. The maximum atomic E-state index is 12.5. The molecule has 1 fully saturated rings. The predicted molar refractivity (Wildman–Crippen MR) is 111 cm³/mol. The van der Waals surface area contributed by atoms with E-state index in [9.17, 15) is 4.79 Å². The number of aromatic nitrogens is 2. The Kier molecular flexibility index (Phi) is 5.61. The highest BCUT2D eigenvalue weighted by Gasteiger charge is 2.21. The molecular formula is C23H24N4O. The van der Waals surface area contributed by atoms with Gasteiger partial charge in [-0.1, -0.05) is 42.5 Å². The first-order valence-corrected chi connectivity index (χ1v) is 9.75. The molecule has 1 amide bonds. The van der Waals surface area contributed by atoms with Crippen LogP contribution in [0.5, 0.6) is 0 Å². The molecule has 0 spiro atoms. The molecule has 1 aliphatic rings. The second kappa shape index (κ2) is 8.65. The number of benzene rings is 2. The third-order valence-corrected chi connectivity index (χ3v) is 5.26. The van der Waals surface area contributed by atoms with E-state index in [0.29, 0.717) is 18.0 Å². The molecule has 0 bridgehead atoms. The molecule has 1 aromatic heterocycles. The zero-order valence-corrected chi connectivity index (χ0v) is 15.8. The highest BCUT2D eigenvalue weighted by molar-refractivity contribution is 5.94. The molecular weight excluding hydrogens is 348 g/mol. The number of anilines is 1. The number of rotatable bonds is 5. The van der Waals surface area contributed by atoms with Crippen molar-refractivity contribution in [1.29, 1.82) is 0 Å². The van der Waals surface area contributed by atoms with Crippen molar-refractivity contribution >= 4 is 11.9 Å². The van der Waals surface area contributed by atoms with Crippen LogP contribution in [0.3, 0.4) is 0 Å². The molecule has 1 N–H and O–H groups in total. The number of hydrogen-bond acceptors (Lipinski definition) is 4. The summed E-state index contributed by atoms with van der Waals surface area (Å²) in [5, 5.41) is 3.09. The standard InChI is InChI=1S/C23H24N4O/c28-22(21-9-7-20(8-10-21)19-5-2-1-3-6-19)26-17-18-11-15-27(16-12-18)23-24-13-4-14-25-23/h1-10,13-14,18H,11-12,15-17H2,(H,26,28). The average Bonchev–Trinajstić information content (AvgIpc) is 2.79. The van der Waals surface area contributed by atoms with Crippen molar-refractivity contribution in [1.82, 2.24) is 15.3 Å². The lowest BCUT2D eigenvalue weighted by molar-refractivity contribution is 0.0945. The Labute approximate surface area is 165 Å². The summed E-state index contributed by atoms with van der Waals surface area (Å²) < 4.78 is 0. The van der Waals surface area contributed by atoms with Crippen LogP contribution in [0.1, 0.15) is 23.2 Å². The maximum Gasteiger partial charge on any atom is 0.251 e. The summed E-state index contributed by atoms with van der Waals surface area (Å²) in [6, 6.07) is 19.8. The number of carbonyl (C=O) groups excluding carboxylic acids is 1. The van der Waals surface area contributed by atoms with Crippen molar-refractivity contribution in [2.45, 2.75) is 12.8 Å². The van der Waals surface area contributed by atoms with E-state index in [0.717, 1.165) is 43.0 Å². The molecule has 0 atom stereocenters. The van der Waals surface area contributed by atoms with Gasteiger partial charge in [0.2, 0.25) is 5.95 Å². The van der Waals surface area contributed by atoms with Gasteiger partial charge in [-0.15, -0.1) is 0 Å². The quantitative estimate of drug-likeness (QED) is 0.740. The fraction of sp³-hybridized carbons (Fsp3) is 0.261. The van der Waals surface area contributed by atoms with Gasteiger partial charge in [-0.3, -0.25) is 4.79 Å². The van der Waals surface area contributed by atoms with Gasteiger partial charge in [0.25, 0.3) is 5.91 Å². The topological polar surface area (TPSA) is 58.1 Å². The van der Waals surface area contributed by atoms with Crippen LogP contribution >= 0.6 is 0 Å². The van der Waals surface area contributed by atoms with Crippen LogP contribution in [0, 0.1) is 5.92 Å². The smallest absolute Gasteiger partial charge is 0.251 e. The highest BCUT2D eigenvalue weighted by Crippen LogP contribution is 2.21. The van der Waals surface area contributed by atoms with Crippen molar-refractivity contribution in [2.24, 2.45) is 5.92 Å². The van der Waals surface area contributed by atoms with E-state index < -0.39 is 0 Å². The molecule has 142 valence electrons. The first kappa shape index (κ1) is 18.2. The molecule has 5 nitrogen and oxygen atoms in total. The van der Waals surface area contributed by atoms with Crippen LogP contribution in [0.25, 0.3) is 11.1 Å².